The molecule has 18 heteroatoms. The number of carbonyl (C=O) groups is 2. The molecule has 0 aromatic carbocycles. The summed E-state index contributed by atoms with van der Waals surface area (Å²) in [5, 5.41) is 5.69. The van der Waals surface area contributed by atoms with Crippen LogP contribution >= 0.6 is 33.3 Å². The van der Waals surface area contributed by atoms with E-state index in [9.17, 15) is 29.2 Å². The van der Waals surface area contributed by atoms with Gasteiger partial charge in [-0.3, -0.25) is 29.2 Å². The number of nitrogens with one attached hydrogen (secondary N) is 2. The fourth-order valence-corrected chi connectivity index (χ4v) is 9.33. The van der Waals surface area contributed by atoms with Crippen LogP contribution in [0.25, 0.3) is 0 Å². The van der Waals surface area contributed by atoms with Gasteiger partial charge >= 0.3 is 0 Å². The largest absolute Gasteiger partial charge is 0.376 e. The predicted octanol–water partition coefficient (Wildman–Crippen LogP) is -0.0884. The molecule has 1 aliphatic rings. The number of hydrogen-bond donors (Lipinski definition) is 8. The smallest absolute Gasteiger partial charge is 0.220 e. The van der Waals surface area contributed by atoms with Crippen LogP contribution in [0.3, 0.4) is 0 Å². The van der Waals surface area contributed by atoms with Crippen molar-refractivity contribution in [2.75, 3.05) is 122 Å². The monoisotopic (exact) mass is 718 g/mol. The number of amides is 2. The average molecular weight is 719 g/mol. The number of hydrogen-bond acceptors (Lipinski definition) is 12. The first kappa shape index (κ1) is 43.3. The van der Waals surface area contributed by atoms with E-state index < -0.39 is 24.4 Å². The molecule has 10 N–H and O–H groups in total. The summed E-state index contributed by atoms with van der Waals surface area (Å²) in [7, 11) is -4.01. The Bertz CT molecular complexity index is 772. The summed E-state index contributed by atoms with van der Waals surface area (Å²) in [4.78, 5) is 75.6. The second kappa shape index (κ2) is 28.1. The van der Waals surface area contributed by atoms with Crippen molar-refractivity contribution < 1.29 is 29.2 Å². The number of nitrogens with zero attached hydrogens (tertiary/aromatic N) is 4. The van der Waals surface area contributed by atoms with Crippen molar-refractivity contribution in [2.24, 2.45) is 11.5 Å². The Labute approximate surface area is 276 Å². The van der Waals surface area contributed by atoms with Crippen LogP contribution < -0.4 is 22.1 Å². The van der Waals surface area contributed by atoms with Gasteiger partial charge in [0.05, 0.1) is 0 Å². The van der Waals surface area contributed by atoms with Gasteiger partial charge in [0.15, 0.2) is 0 Å². The Morgan fingerprint density at radius 3 is 1.36 bits per heavy atom. The lowest BCUT2D eigenvalue weighted by molar-refractivity contribution is -0.121. The van der Waals surface area contributed by atoms with Crippen LogP contribution in [0.5, 0.6) is 0 Å². The third-order valence-electron chi connectivity index (χ3n) is 7.40. The molecule has 4 atom stereocenters. The minimum absolute atomic E-state index is 0.0688. The third-order valence-corrected chi connectivity index (χ3v) is 12.6. The first-order chi connectivity index (χ1) is 21.7. The van der Waals surface area contributed by atoms with Crippen LogP contribution in [-0.2, 0) is 9.59 Å². The van der Waals surface area contributed by atoms with Gasteiger partial charge in [-0.15, -0.1) is 0 Å². The van der Waals surface area contributed by atoms with Crippen molar-refractivity contribution in [1.29, 1.82) is 0 Å². The molecular weight excluding hydrogens is 656 g/mol. The molecule has 1 saturated heterocycles. The summed E-state index contributed by atoms with van der Waals surface area (Å²) in [6.45, 7) is 10.0. The second-order valence-corrected chi connectivity index (χ2v) is 17.2. The van der Waals surface area contributed by atoms with Crippen LogP contribution in [0.2, 0.25) is 0 Å². The molecule has 1 heterocycles. The van der Waals surface area contributed by atoms with Crippen molar-refractivity contribution in [1.82, 2.24) is 30.2 Å². The van der Waals surface area contributed by atoms with Gasteiger partial charge < -0.3 is 41.7 Å². The van der Waals surface area contributed by atoms with Crippen molar-refractivity contribution in [3.8, 4) is 0 Å². The zero-order chi connectivity index (χ0) is 33.3. The molecule has 0 radical (unpaired) electrons. The van der Waals surface area contributed by atoms with Crippen molar-refractivity contribution >= 4 is 45.1 Å². The summed E-state index contributed by atoms with van der Waals surface area (Å²) in [6.07, 6.45) is 6.82. The van der Waals surface area contributed by atoms with Crippen LogP contribution in [0.1, 0.15) is 39.0 Å². The minimum atomic E-state index is -1.38. The number of rotatable bonds is 22. The fourth-order valence-electron chi connectivity index (χ4n) is 4.72. The van der Waals surface area contributed by atoms with Gasteiger partial charge in [-0.2, -0.15) is 0 Å². The fraction of sp³-hybridized carbons (Fsp3) is 0.926. The van der Waals surface area contributed by atoms with E-state index in [4.69, 9.17) is 11.5 Å². The van der Waals surface area contributed by atoms with Gasteiger partial charge in [-0.25, -0.2) is 0 Å². The maximum absolute atomic E-state index is 12.2. The molecule has 266 valence electrons. The summed E-state index contributed by atoms with van der Waals surface area (Å²) < 4.78 is 0. The highest BCUT2D eigenvalue weighted by Gasteiger charge is 2.21. The second-order valence-electron chi connectivity index (χ2n) is 11.4. The Morgan fingerprint density at radius 2 is 1.02 bits per heavy atom. The highest BCUT2D eigenvalue weighted by molar-refractivity contribution is 7.52. The van der Waals surface area contributed by atoms with Crippen LogP contribution in [-0.4, -0.2) is 173 Å². The zero-order valence-corrected chi connectivity index (χ0v) is 31.0. The lowest BCUT2D eigenvalue weighted by Crippen LogP contribution is -2.46. The molecule has 1 fully saturated rings. The van der Waals surface area contributed by atoms with Crippen molar-refractivity contribution in [2.45, 2.75) is 39.0 Å². The summed E-state index contributed by atoms with van der Waals surface area (Å²) in [6, 6.07) is 0. The molecule has 0 aliphatic carbocycles. The third kappa shape index (κ3) is 23.3. The van der Waals surface area contributed by atoms with E-state index in [2.05, 4.69) is 37.2 Å². The molecule has 0 saturated carbocycles. The Kier molecular flexibility index (Phi) is 27.1. The molecule has 2 amide bonds. The maximum atomic E-state index is 12.2. The minimum Gasteiger partial charge on any atom is -0.376 e. The molecular formula is C27H62N8O6P4. The van der Waals surface area contributed by atoms with E-state index in [-0.39, 0.29) is 33.5 Å². The Morgan fingerprint density at radius 1 is 0.667 bits per heavy atom. The molecule has 45 heavy (non-hydrogen) atoms. The van der Waals surface area contributed by atoms with Crippen LogP contribution in [0.4, 0.5) is 0 Å². The van der Waals surface area contributed by atoms with E-state index >= 15 is 0 Å². The van der Waals surface area contributed by atoms with Crippen LogP contribution in [0.15, 0.2) is 0 Å². The van der Waals surface area contributed by atoms with Gasteiger partial charge in [0.2, 0.25) is 11.8 Å². The van der Waals surface area contributed by atoms with Crippen molar-refractivity contribution in [3.05, 3.63) is 0 Å². The van der Waals surface area contributed by atoms with Gasteiger partial charge in [-0.1, -0.05) is 13.3 Å². The lowest BCUT2D eigenvalue weighted by atomic mass is 10.4. The highest BCUT2D eigenvalue weighted by atomic mass is 31.1. The first-order valence-corrected chi connectivity index (χ1v) is 22.4. The Balaban J connectivity index is 2.90. The quantitative estimate of drug-likeness (QED) is 0.0547. The molecule has 0 aromatic heterocycles. The van der Waals surface area contributed by atoms with E-state index in [0.717, 1.165) is 51.6 Å². The number of nitrogens with two attached hydrogens (primary N) is 2. The molecule has 0 bridgehead atoms. The van der Waals surface area contributed by atoms with Crippen LogP contribution in [0, 0.1) is 0 Å². The average Bonchev–Trinajstić information content (AvgIpc) is 3.00. The normalized spacial score (nSPS) is 19.2. The van der Waals surface area contributed by atoms with Gasteiger partial charge in [-0.05, 0) is 32.1 Å². The van der Waals surface area contributed by atoms with Gasteiger partial charge in [0.1, 0.15) is 0 Å². The zero-order valence-electron chi connectivity index (χ0n) is 27.4. The van der Waals surface area contributed by atoms with E-state index in [1.165, 1.54) is 0 Å². The molecule has 1 rings (SSSR count). The van der Waals surface area contributed by atoms with E-state index in [1.54, 1.807) is 0 Å². The standard InChI is InChI=1S/C27H62N8O6P4/c1-2-19-43(39)23-33-13-11-32(22-42-38)12-14-34(24-44(40)20-5-26(36)30-9-3-7-28)16-18-35(17-15-33)25-45(41)21-6-27(37)31-10-4-8-29/h38-42H,2-25,28-29H2,1H3,(H,30,36)(H,31,37). The Hall–Kier alpha value is 0.260. The SMILES string of the molecule is CCCP(O)CN1CCN(CPO)CCN(CP(O)CCC(=O)NCCCN)CCN(CP(O)CCC(=O)NCCCN)CC1. The highest BCUT2D eigenvalue weighted by Crippen LogP contribution is 2.34. The first-order valence-electron chi connectivity index (χ1n) is 16.2. The van der Waals surface area contributed by atoms with E-state index in [1.807, 2.05) is 0 Å². The summed E-state index contributed by atoms with van der Waals surface area (Å²) >= 11 is 0. The number of carbonyl (C=O) groups excluding carboxylic acids is 2. The molecule has 1 aliphatic heterocycles. The molecule has 14 nitrogen and oxygen atoms in total. The molecule has 4 unspecified atom stereocenters. The van der Waals surface area contributed by atoms with Gasteiger partial charge in [0, 0.05) is 149 Å². The lowest BCUT2D eigenvalue weighted by Gasteiger charge is -2.35. The topological polar surface area (TPSA) is 204 Å². The van der Waals surface area contributed by atoms with E-state index in [0.29, 0.717) is 89.8 Å². The predicted molar refractivity (Wildman–Crippen MR) is 191 cm³/mol. The molecule has 0 spiro atoms. The summed E-state index contributed by atoms with van der Waals surface area (Å²) in [5.74, 6) is -0.139. The maximum Gasteiger partial charge on any atom is 0.220 e. The summed E-state index contributed by atoms with van der Waals surface area (Å²) in [5.41, 5.74) is 11.0. The van der Waals surface area contributed by atoms with Crippen molar-refractivity contribution in [3.63, 3.8) is 0 Å². The molecule has 0 aromatic rings. The van der Waals surface area contributed by atoms with Gasteiger partial charge in [0.25, 0.3) is 0 Å².